The van der Waals surface area contributed by atoms with E-state index in [1.807, 2.05) is 25.6 Å². The van der Waals surface area contributed by atoms with Gasteiger partial charge in [0.15, 0.2) is 0 Å². The summed E-state index contributed by atoms with van der Waals surface area (Å²) in [6, 6.07) is 2.34. The number of nitrogens with zero attached hydrogens (tertiary/aromatic N) is 2. The molecule has 0 aliphatic heterocycles. The lowest BCUT2D eigenvalue weighted by molar-refractivity contribution is 0.887. The molecule has 0 aliphatic carbocycles. The van der Waals surface area contributed by atoms with Crippen LogP contribution in [-0.2, 0) is 0 Å². The fourth-order valence-electron chi connectivity index (χ4n) is 1.68. The molecule has 0 radical (unpaired) electrons. The van der Waals surface area contributed by atoms with E-state index < -0.39 is 0 Å². The van der Waals surface area contributed by atoms with Crippen LogP contribution in [0.4, 0.5) is 5.69 Å². The van der Waals surface area contributed by atoms with Gasteiger partial charge in [-0.05, 0) is 48.3 Å². The first-order valence-electron chi connectivity index (χ1n) is 5.36. The van der Waals surface area contributed by atoms with Crippen molar-refractivity contribution in [1.29, 1.82) is 0 Å². The Hall–Kier alpha value is -0.940. The van der Waals surface area contributed by atoms with Gasteiger partial charge in [0.25, 0.3) is 0 Å². The van der Waals surface area contributed by atoms with Crippen LogP contribution in [0.1, 0.15) is 29.1 Å². The van der Waals surface area contributed by atoms with Crippen LogP contribution >= 0.6 is 27.3 Å². The van der Waals surface area contributed by atoms with Gasteiger partial charge in [-0.15, -0.1) is 11.3 Å². The second kappa shape index (κ2) is 5.14. The zero-order valence-corrected chi connectivity index (χ0v) is 12.4. The molecule has 0 fully saturated rings. The van der Waals surface area contributed by atoms with Crippen molar-refractivity contribution in [3.8, 4) is 0 Å². The maximum atomic E-state index is 4.28. The summed E-state index contributed by atoms with van der Waals surface area (Å²) in [5.74, 6) is 0. The predicted molar refractivity (Wildman–Crippen MR) is 75.6 cm³/mol. The summed E-state index contributed by atoms with van der Waals surface area (Å²) in [7, 11) is 0. The summed E-state index contributed by atoms with van der Waals surface area (Å²) in [6.45, 7) is 6.21. The molecule has 2 rings (SSSR count). The lowest BCUT2D eigenvalue weighted by Crippen LogP contribution is -2.06. The molecule has 1 atom stereocenters. The molecule has 0 aromatic carbocycles. The van der Waals surface area contributed by atoms with Crippen molar-refractivity contribution < 1.29 is 0 Å². The van der Waals surface area contributed by atoms with E-state index >= 15 is 0 Å². The van der Waals surface area contributed by atoms with Crippen LogP contribution in [0.15, 0.2) is 22.4 Å². The van der Waals surface area contributed by atoms with Gasteiger partial charge in [-0.1, -0.05) is 0 Å². The quantitative estimate of drug-likeness (QED) is 0.868. The number of thiazole rings is 1. The van der Waals surface area contributed by atoms with E-state index in [0.29, 0.717) is 0 Å². The van der Waals surface area contributed by atoms with Gasteiger partial charge in [0.2, 0.25) is 0 Å². The molecule has 90 valence electrons. The zero-order chi connectivity index (χ0) is 12.4. The molecule has 0 spiro atoms. The Morgan fingerprint density at radius 1 is 1.35 bits per heavy atom. The Morgan fingerprint density at radius 3 is 2.71 bits per heavy atom. The lowest BCUT2D eigenvalue weighted by atomic mass is 10.2. The van der Waals surface area contributed by atoms with E-state index in [0.717, 1.165) is 21.5 Å². The molecule has 0 saturated heterocycles. The van der Waals surface area contributed by atoms with Gasteiger partial charge in [0.05, 0.1) is 29.1 Å². The molecule has 0 bridgehead atoms. The minimum atomic E-state index is 0.255. The number of hydrogen-bond donors (Lipinski definition) is 1. The van der Waals surface area contributed by atoms with Crippen LogP contribution in [0.5, 0.6) is 0 Å². The molecule has 0 amide bonds. The van der Waals surface area contributed by atoms with E-state index in [9.17, 15) is 0 Å². The van der Waals surface area contributed by atoms with Crippen molar-refractivity contribution in [2.45, 2.75) is 26.8 Å². The van der Waals surface area contributed by atoms with Crippen molar-refractivity contribution in [3.05, 3.63) is 38.5 Å². The van der Waals surface area contributed by atoms with E-state index in [4.69, 9.17) is 0 Å². The average molecular weight is 312 g/mol. The van der Waals surface area contributed by atoms with Crippen LogP contribution in [-0.4, -0.2) is 9.97 Å². The SMILES string of the molecule is Cc1cc(NC(C)c2scnc2C)cnc1Br. The van der Waals surface area contributed by atoms with Gasteiger partial charge in [0.1, 0.15) is 4.60 Å². The molecule has 1 N–H and O–H groups in total. The van der Waals surface area contributed by atoms with Crippen molar-refractivity contribution in [2.24, 2.45) is 0 Å². The molecule has 2 aromatic rings. The first kappa shape index (κ1) is 12.5. The van der Waals surface area contributed by atoms with Crippen LogP contribution in [0, 0.1) is 13.8 Å². The van der Waals surface area contributed by atoms with Gasteiger partial charge in [-0.3, -0.25) is 0 Å². The van der Waals surface area contributed by atoms with Crippen LogP contribution < -0.4 is 5.32 Å². The highest BCUT2D eigenvalue weighted by Crippen LogP contribution is 2.26. The molecule has 0 aliphatic rings. The number of rotatable bonds is 3. The number of aryl methyl sites for hydroxylation is 2. The van der Waals surface area contributed by atoms with Gasteiger partial charge < -0.3 is 5.32 Å². The average Bonchev–Trinajstić information content (AvgIpc) is 2.70. The molecular weight excluding hydrogens is 298 g/mol. The van der Waals surface area contributed by atoms with Crippen molar-refractivity contribution in [1.82, 2.24) is 9.97 Å². The zero-order valence-electron chi connectivity index (χ0n) is 9.99. The standard InChI is InChI=1S/C12H14BrN3S/c1-7-4-10(5-14-12(7)13)16-9(3)11-8(2)15-6-17-11/h4-6,9,16H,1-3H3. The second-order valence-electron chi connectivity index (χ2n) is 4.00. The van der Waals surface area contributed by atoms with Crippen LogP contribution in [0.25, 0.3) is 0 Å². The highest BCUT2D eigenvalue weighted by Gasteiger charge is 2.11. The third-order valence-corrected chi connectivity index (χ3v) is 4.52. The number of anilines is 1. The van der Waals surface area contributed by atoms with Gasteiger partial charge in [-0.2, -0.15) is 0 Å². The number of nitrogens with one attached hydrogen (secondary N) is 1. The fraction of sp³-hybridized carbons (Fsp3) is 0.333. The monoisotopic (exact) mass is 311 g/mol. The largest absolute Gasteiger partial charge is 0.376 e. The summed E-state index contributed by atoms with van der Waals surface area (Å²) >= 11 is 5.08. The highest BCUT2D eigenvalue weighted by molar-refractivity contribution is 9.10. The van der Waals surface area contributed by atoms with E-state index in [-0.39, 0.29) is 6.04 Å². The Bertz CT molecular complexity index is 524. The number of pyridine rings is 1. The van der Waals surface area contributed by atoms with Gasteiger partial charge in [-0.25, -0.2) is 9.97 Å². The molecule has 0 saturated carbocycles. The van der Waals surface area contributed by atoms with Crippen LogP contribution in [0.3, 0.4) is 0 Å². The van der Waals surface area contributed by atoms with Gasteiger partial charge in [0, 0.05) is 4.88 Å². The summed E-state index contributed by atoms with van der Waals surface area (Å²) in [6.07, 6.45) is 1.84. The van der Waals surface area contributed by atoms with E-state index in [2.05, 4.69) is 44.2 Å². The van der Waals surface area contributed by atoms with E-state index in [1.165, 1.54) is 4.88 Å². The van der Waals surface area contributed by atoms with Crippen molar-refractivity contribution in [3.63, 3.8) is 0 Å². The highest BCUT2D eigenvalue weighted by atomic mass is 79.9. The minimum Gasteiger partial charge on any atom is -0.376 e. The Kier molecular flexibility index (Phi) is 3.79. The maximum Gasteiger partial charge on any atom is 0.109 e. The minimum absolute atomic E-state index is 0.255. The summed E-state index contributed by atoms with van der Waals surface area (Å²) in [5.41, 5.74) is 5.14. The van der Waals surface area contributed by atoms with Crippen molar-refractivity contribution >= 4 is 33.0 Å². The molecule has 2 heterocycles. The maximum absolute atomic E-state index is 4.28. The molecular formula is C12H14BrN3S. The molecule has 1 unspecified atom stereocenters. The first-order valence-corrected chi connectivity index (χ1v) is 7.04. The fourth-order valence-corrected chi connectivity index (χ4v) is 2.71. The Labute approximate surface area is 113 Å². The predicted octanol–water partition coefficient (Wildman–Crippen LogP) is 4.09. The van der Waals surface area contributed by atoms with Crippen LogP contribution in [0.2, 0.25) is 0 Å². The topological polar surface area (TPSA) is 37.8 Å². The molecule has 3 nitrogen and oxygen atoms in total. The summed E-state index contributed by atoms with van der Waals surface area (Å²) in [5, 5.41) is 3.44. The normalized spacial score (nSPS) is 12.5. The lowest BCUT2D eigenvalue weighted by Gasteiger charge is -2.14. The molecule has 5 heteroatoms. The second-order valence-corrected chi connectivity index (χ2v) is 5.64. The third-order valence-electron chi connectivity index (χ3n) is 2.57. The van der Waals surface area contributed by atoms with Crippen molar-refractivity contribution in [2.75, 3.05) is 5.32 Å². The summed E-state index contributed by atoms with van der Waals surface area (Å²) in [4.78, 5) is 9.81. The Balaban J connectivity index is 2.16. The number of aromatic nitrogens is 2. The number of halogens is 1. The molecule has 2 aromatic heterocycles. The van der Waals surface area contributed by atoms with Gasteiger partial charge >= 0.3 is 0 Å². The van der Waals surface area contributed by atoms with E-state index in [1.54, 1.807) is 11.3 Å². The summed E-state index contributed by atoms with van der Waals surface area (Å²) < 4.78 is 0.893. The first-order chi connectivity index (χ1) is 8.08. The molecule has 17 heavy (non-hydrogen) atoms. The Morgan fingerprint density at radius 2 is 2.12 bits per heavy atom. The smallest absolute Gasteiger partial charge is 0.109 e. The number of hydrogen-bond acceptors (Lipinski definition) is 4. The third kappa shape index (κ3) is 2.84.